The lowest BCUT2D eigenvalue weighted by Crippen LogP contribution is -2.50. The highest BCUT2D eigenvalue weighted by molar-refractivity contribution is 6.74. The molecule has 0 aromatic heterocycles. The van der Waals surface area contributed by atoms with E-state index in [2.05, 4.69) is 46.0 Å². The minimum Gasteiger partial charge on any atom is -0.496 e. The summed E-state index contributed by atoms with van der Waals surface area (Å²) in [6, 6.07) is 10.2. The van der Waals surface area contributed by atoms with Crippen LogP contribution >= 0.6 is 0 Å². The molecular weight excluding hydrogens is 304 g/mol. The summed E-state index contributed by atoms with van der Waals surface area (Å²) in [7, 11) is -1.86. The zero-order valence-corrected chi connectivity index (χ0v) is 16.2. The maximum atomic E-state index is 6.56. The lowest BCUT2D eigenvalue weighted by molar-refractivity contribution is -0.0977. The Balaban J connectivity index is 2.07. The van der Waals surface area contributed by atoms with E-state index in [1.807, 2.05) is 31.2 Å². The van der Waals surface area contributed by atoms with Crippen molar-refractivity contribution in [1.29, 1.82) is 0 Å². The lowest BCUT2D eigenvalue weighted by atomic mass is 10.1. The molecule has 23 heavy (non-hydrogen) atoms. The fraction of sp³-hybridized carbons (Fsp3) is 0.579. The van der Waals surface area contributed by atoms with Gasteiger partial charge < -0.3 is 13.9 Å². The third-order valence-corrected chi connectivity index (χ3v) is 9.34. The fourth-order valence-electron chi connectivity index (χ4n) is 2.32. The average molecular weight is 335 g/mol. The number of benzene rings is 1. The molecule has 0 radical (unpaired) electrons. The summed E-state index contributed by atoms with van der Waals surface area (Å²) in [4.78, 5) is 0. The molecule has 0 saturated heterocycles. The molecule has 0 bridgehead atoms. The van der Waals surface area contributed by atoms with Gasteiger partial charge in [0.1, 0.15) is 12.2 Å². The molecule has 1 heterocycles. The molecule has 0 N–H and O–H groups in total. The van der Waals surface area contributed by atoms with Crippen molar-refractivity contribution in [1.82, 2.24) is 0 Å². The molecule has 0 amide bonds. The zero-order valence-electron chi connectivity index (χ0n) is 15.2. The van der Waals surface area contributed by atoms with Crippen molar-refractivity contribution in [3.63, 3.8) is 0 Å². The second-order valence-electron chi connectivity index (χ2n) is 7.77. The van der Waals surface area contributed by atoms with Gasteiger partial charge in [0, 0.05) is 0 Å². The zero-order chi connectivity index (χ0) is 17.1. The molecule has 0 unspecified atom stereocenters. The van der Waals surface area contributed by atoms with E-state index in [1.54, 1.807) is 6.26 Å². The van der Waals surface area contributed by atoms with Crippen LogP contribution in [0, 0.1) is 0 Å². The van der Waals surface area contributed by atoms with Gasteiger partial charge in [0.2, 0.25) is 0 Å². The van der Waals surface area contributed by atoms with Gasteiger partial charge in [-0.05, 0) is 36.7 Å². The average Bonchev–Trinajstić information content (AvgIpc) is 2.46. The SMILES string of the molecule is C[C@H]1OC=C[C@H](O[Si](C)(C)C(C)(C)C)[C@@H]1OCc1ccccc1. The minimum absolute atomic E-state index is 0.0153. The van der Waals surface area contributed by atoms with Crippen molar-refractivity contribution in [3.05, 3.63) is 48.2 Å². The molecule has 0 aliphatic carbocycles. The van der Waals surface area contributed by atoms with E-state index < -0.39 is 8.32 Å². The van der Waals surface area contributed by atoms with Crippen LogP contribution in [0.4, 0.5) is 0 Å². The lowest BCUT2D eigenvalue weighted by Gasteiger charge is -2.42. The largest absolute Gasteiger partial charge is 0.496 e. The highest BCUT2D eigenvalue weighted by atomic mass is 28.4. The molecule has 1 aliphatic rings. The van der Waals surface area contributed by atoms with Crippen LogP contribution in [0.5, 0.6) is 0 Å². The molecular formula is C19H30O3Si. The summed E-state index contributed by atoms with van der Waals surface area (Å²) in [6.07, 6.45) is 3.59. The van der Waals surface area contributed by atoms with E-state index in [9.17, 15) is 0 Å². The van der Waals surface area contributed by atoms with Crippen molar-refractivity contribution in [3.8, 4) is 0 Å². The van der Waals surface area contributed by atoms with Crippen LogP contribution in [0.2, 0.25) is 18.1 Å². The molecule has 0 saturated carbocycles. The molecule has 2 rings (SSSR count). The monoisotopic (exact) mass is 334 g/mol. The first-order chi connectivity index (χ1) is 10.7. The van der Waals surface area contributed by atoms with Crippen molar-refractivity contribution >= 4 is 8.32 Å². The maximum absolute atomic E-state index is 6.56. The van der Waals surface area contributed by atoms with E-state index in [0.29, 0.717) is 6.61 Å². The van der Waals surface area contributed by atoms with Crippen LogP contribution in [0.3, 0.4) is 0 Å². The smallest absolute Gasteiger partial charge is 0.193 e. The Hall–Kier alpha value is -1.10. The summed E-state index contributed by atoms with van der Waals surface area (Å²) in [6.45, 7) is 13.9. The standard InChI is InChI=1S/C19H30O3Si/c1-15-18(21-14-16-10-8-7-9-11-16)17(12-13-20-15)22-23(5,6)19(2,3)4/h7-13,15,17-18H,14H2,1-6H3/t15-,17+,18-/m1/s1. The van der Waals surface area contributed by atoms with E-state index in [4.69, 9.17) is 13.9 Å². The molecule has 0 spiro atoms. The van der Waals surface area contributed by atoms with Crippen LogP contribution < -0.4 is 0 Å². The summed E-state index contributed by atoms with van der Waals surface area (Å²) in [5.41, 5.74) is 1.17. The van der Waals surface area contributed by atoms with Crippen LogP contribution in [-0.2, 0) is 20.5 Å². The first kappa shape index (κ1) is 18.2. The number of ether oxygens (including phenoxy) is 2. The maximum Gasteiger partial charge on any atom is 0.193 e. The van der Waals surface area contributed by atoms with Crippen LogP contribution in [-0.4, -0.2) is 26.6 Å². The minimum atomic E-state index is -1.86. The summed E-state index contributed by atoms with van der Waals surface area (Å²) >= 11 is 0. The summed E-state index contributed by atoms with van der Waals surface area (Å²) in [5.74, 6) is 0. The molecule has 128 valence electrons. The highest BCUT2D eigenvalue weighted by Gasteiger charge is 2.42. The fourth-order valence-corrected chi connectivity index (χ4v) is 3.57. The topological polar surface area (TPSA) is 27.7 Å². The van der Waals surface area contributed by atoms with Gasteiger partial charge >= 0.3 is 0 Å². The molecule has 0 fully saturated rings. The predicted molar refractivity (Wildman–Crippen MR) is 96.8 cm³/mol. The third-order valence-electron chi connectivity index (χ3n) is 4.87. The quantitative estimate of drug-likeness (QED) is 0.717. The first-order valence-electron chi connectivity index (χ1n) is 8.36. The Morgan fingerprint density at radius 1 is 1.13 bits per heavy atom. The van der Waals surface area contributed by atoms with Gasteiger partial charge in [0.15, 0.2) is 8.32 Å². The van der Waals surface area contributed by atoms with E-state index in [-0.39, 0.29) is 23.4 Å². The van der Waals surface area contributed by atoms with Crippen LogP contribution in [0.1, 0.15) is 33.3 Å². The van der Waals surface area contributed by atoms with Crippen molar-refractivity contribution in [2.75, 3.05) is 0 Å². The summed E-state index contributed by atoms with van der Waals surface area (Å²) < 4.78 is 18.4. The van der Waals surface area contributed by atoms with Crippen molar-refractivity contribution in [2.24, 2.45) is 0 Å². The second kappa shape index (κ2) is 7.20. The molecule has 4 heteroatoms. The Bertz CT molecular complexity index is 519. The molecule has 3 nitrogen and oxygen atoms in total. The Morgan fingerprint density at radius 3 is 2.39 bits per heavy atom. The van der Waals surface area contributed by atoms with Gasteiger partial charge in [-0.25, -0.2) is 0 Å². The van der Waals surface area contributed by atoms with Gasteiger partial charge in [-0.1, -0.05) is 51.1 Å². The van der Waals surface area contributed by atoms with Gasteiger partial charge in [-0.2, -0.15) is 0 Å². The van der Waals surface area contributed by atoms with Gasteiger partial charge in [0.05, 0.1) is 19.0 Å². The number of hydrogen-bond acceptors (Lipinski definition) is 3. The molecule has 3 atom stereocenters. The Morgan fingerprint density at radius 2 is 1.78 bits per heavy atom. The normalized spacial score (nSPS) is 25.2. The van der Waals surface area contributed by atoms with Gasteiger partial charge in [-0.15, -0.1) is 0 Å². The van der Waals surface area contributed by atoms with E-state index >= 15 is 0 Å². The van der Waals surface area contributed by atoms with Gasteiger partial charge in [-0.3, -0.25) is 0 Å². The highest BCUT2D eigenvalue weighted by Crippen LogP contribution is 2.38. The van der Waals surface area contributed by atoms with E-state index in [0.717, 1.165) is 0 Å². The Kier molecular flexibility index (Phi) is 5.71. The van der Waals surface area contributed by atoms with E-state index in [1.165, 1.54) is 5.56 Å². The van der Waals surface area contributed by atoms with Crippen LogP contribution in [0.25, 0.3) is 0 Å². The summed E-state index contributed by atoms with van der Waals surface area (Å²) in [5, 5.41) is 0.173. The van der Waals surface area contributed by atoms with Crippen molar-refractivity contribution < 1.29 is 13.9 Å². The number of hydrogen-bond donors (Lipinski definition) is 0. The number of rotatable bonds is 5. The van der Waals surface area contributed by atoms with Gasteiger partial charge in [0.25, 0.3) is 0 Å². The molecule has 1 aliphatic heterocycles. The predicted octanol–water partition coefficient (Wildman–Crippen LogP) is 4.89. The first-order valence-corrected chi connectivity index (χ1v) is 11.3. The second-order valence-corrected chi connectivity index (χ2v) is 12.5. The molecule has 1 aromatic carbocycles. The molecule has 1 aromatic rings. The van der Waals surface area contributed by atoms with Crippen molar-refractivity contribution in [2.45, 2.75) is 70.7 Å². The Labute approximate surface area is 141 Å². The van der Waals surface area contributed by atoms with Crippen LogP contribution in [0.15, 0.2) is 42.7 Å². The third kappa shape index (κ3) is 4.69.